The van der Waals surface area contributed by atoms with E-state index in [2.05, 4.69) is 15.9 Å². The van der Waals surface area contributed by atoms with Gasteiger partial charge in [0, 0.05) is 12.1 Å². The molecule has 1 aliphatic rings. The lowest BCUT2D eigenvalue weighted by Gasteiger charge is -2.28. The SMILES string of the molecule is CC1OCCC1(N)Cc1cccc(F)c1Br. The van der Waals surface area contributed by atoms with Gasteiger partial charge in [-0.1, -0.05) is 12.1 Å². The van der Waals surface area contributed by atoms with E-state index >= 15 is 0 Å². The van der Waals surface area contributed by atoms with Gasteiger partial charge in [0.1, 0.15) is 5.82 Å². The number of rotatable bonds is 2. The van der Waals surface area contributed by atoms with Crippen LogP contribution in [0.3, 0.4) is 0 Å². The van der Waals surface area contributed by atoms with Gasteiger partial charge < -0.3 is 10.5 Å². The first kappa shape index (κ1) is 12.0. The van der Waals surface area contributed by atoms with E-state index in [9.17, 15) is 4.39 Å². The van der Waals surface area contributed by atoms with E-state index in [0.717, 1.165) is 12.0 Å². The molecule has 1 aliphatic heterocycles. The maximum Gasteiger partial charge on any atom is 0.137 e. The fourth-order valence-electron chi connectivity index (χ4n) is 2.07. The van der Waals surface area contributed by atoms with Crippen molar-refractivity contribution in [3.63, 3.8) is 0 Å². The van der Waals surface area contributed by atoms with Gasteiger partial charge in [-0.15, -0.1) is 0 Å². The van der Waals surface area contributed by atoms with Crippen LogP contribution in [0.1, 0.15) is 18.9 Å². The predicted molar refractivity (Wildman–Crippen MR) is 64.8 cm³/mol. The van der Waals surface area contributed by atoms with Crippen LogP contribution in [0.2, 0.25) is 0 Å². The highest BCUT2D eigenvalue weighted by Gasteiger charge is 2.38. The molecule has 1 fully saturated rings. The lowest BCUT2D eigenvalue weighted by atomic mass is 9.86. The Morgan fingerprint density at radius 1 is 1.62 bits per heavy atom. The van der Waals surface area contributed by atoms with Gasteiger partial charge in [0.05, 0.1) is 10.6 Å². The van der Waals surface area contributed by atoms with E-state index in [-0.39, 0.29) is 17.5 Å². The molecule has 1 saturated heterocycles. The molecule has 1 aromatic carbocycles. The lowest BCUT2D eigenvalue weighted by molar-refractivity contribution is 0.0954. The van der Waals surface area contributed by atoms with Crippen LogP contribution in [0, 0.1) is 5.82 Å². The maximum atomic E-state index is 13.4. The van der Waals surface area contributed by atoms with E-state index in [1.807, 2.05) is 13.0 Å². The quantitative estimate of drug-likeness (QED) is 0.908. The Labute approximate surface area is 103 Å². The Morgan fingerprint density at radius 2 is 2.38 bits per heavy atom. The zero-order valence-electron chi connectivity index (χ0n) is 9.17. The molecule has 0 saturated carbocycles. The smallest absolute Gasteiger partial charge is 0.137 e. The van der Waals surface area contributed by atoms with Crippen molar-refractivity contribution in [3.05, 3.63) is 34.1 Å². The molecule has 2 nitrogen and oxygen atoms in total. The van der Waals surface area contributed by atoms with Crippen LogP contribution in [0.5, 0.6) is 0 Å². The largest absolute Gasteiger partial charge is 0.377 e. The van der Waals surface area contributed by atoms with E-state index < -0.39 is 0 Å². The molecule has 0 aromatic heterocycles. The Kier molecular flexibility index (Phi) is 3.33. The van der Waals surface area contributed by atoms with Crippen molar-refractivity contribution in [2.24, 2.45) is 5.73 Å². The third-order valence-electron chi connectivity index (χ3n) is 3.30. The van der Waals surface area contributed by atoms with Crippen LogP contribution >= 0.6 is 15.9 Å². The standard InChI is InChI=1S/C12H15BrFNO/c1-8-12(15,5-6-16-8)7-9-3-2-4-10(14)11(9)13/h2-4,8H,5-7,15H2,1H3. The highest BCUT2D eigenvalue weighted by atomic mass is 79.9. The predicted octanol–water partition coefficient (Wildman–Crippen LogP) is 2.64. The second-order valence-corrected chi connectivity index (χ2v) is 5.18. The number of benzene rings is 1. The van der Waals surface area contributed by atoms with E-state index in [0.29, 0.717) is 17.5 Å². The molecule has 1 heterocycles. The Morgan fingerprint density at radius 3 is 3.00 bits per heavy atom. The van der Waals surface area contributed by atoms with Crippen LogP contribution in [0.4, 0.5) is 4.39 Å². The monoisotopic (exact) mass is 287 g/mol. The summed E-state index contributed by atoms with van der Waals surface area (Å²) in [5.74, 6) is -0.243. The molecule has 0 amide bonds. The molecule has 2 unspecified atom stereocenters. The van der Waals surface area contributed by atoms with Crippen molar-refractivity contribution in [2.75, 3.05) is 6.61 Å². The van der Waals surface area contributed by atoms with E-state index in [1.54, 1.807) is 6.07 Å². The highest BCUT2D eigenvalue weighted by Crippen LogP contribution is 2.30. The van der Waals surface area contributed by atoms with Gasteiger partial charge in [0.2, 0.25) is 0 Å². The van der Waals surface area contributed by atoms with Gasteiger partial charge >= 0.3 is 0 Å². The number of hydrogen-bond donors (Lipinski definition) is 1. The van der Waals surface area contributed by atoms with E-state index in [1.165, 1.54) is 6.07 Å². The topological polar surface area (TPSA) is 35.2 Å². The van der Waals surface area contributed by atoms with E-state index in [4.69, 9.17) is 10.5 Å². The lowest BCUT2D eigenvalue weighted by Crippen LogP contribution is -2.48. The summed E-state index contributed by atoms with van der Waals surface area (Å²) in [6, 6.07) is 5.04. The maximum absolute atomic E-state index is 13.4. The molecule has 2 rings (SSSR count). The van der Waals surface area contributed by atoms with Crippen molar-refractivity contribution in [1.29, 1.82) is 0 Å². The fraction of sp³-hybridized carbons (Fsp3) is 0.500. The third kappa shape index (κ3) is 2.14. The highest BCUT2D eigenvalue weighted by molar-refractivity contribution is 9.10. The summed E-state index contributed by atoms with van der Waals surface area (Å²) in [5, 5.41) is 0. The number of ether oxygens (including phenoxy) is 1. The molecule has 0 spiro atoms. The molecular weight excluding hydrogens is 273 g/mol. The van der Waals surface area contributed by atoms with Gasteiger partial charge in [-0.25, -0.2) is 4.39 Å². The first-order valence-corrected chi connectivity index (χ1v) is 6.15. The van der Waals surface area contributed by atoms with Crippen LogP contribution in [0.25, 0.3) is 0 Å². The molecule has 4 heteroatoms. The van der Waals surface area contributed by atoms with Crippen molar-refractivity contribution in [2.45, 2.75) is 31.4 Å². The average molecular weight is 288 g/mol. The zero-order chi connectivity index (χ0) is 11.8. The van der Waals surface area contributed by atoms with Gasteiger partial charge in [0.25, 0.3) is 0 Å². The van der Waals surface area contributed by atoms with Crippen LogP contribution in [-0.4, -0.2) is 18.2 Å². The first-order chi connectivity index (χ1) is 7.53. The number of nitrogens with two attached hydrogens (primary N) is 1. The second kappa shape index (κ2) is 4.43. The van der Waals surface area contributed by atoms with Crippen molar-refractivity contribution in [3.8, 4) is 0 Å². The summed E-state index contributed by atoms with van der Waals surface area (Å²) < 4.78 is 19.3. The minimum atomic E-state index is -0.379. The fourth-order valence-corrected chi connectivity index (χ4v) is 2.47. The minimum absolute atomic E-state index is 0.0164. The Balaban J connectivity index is 2.24. The summed E-state index contributed by atoms with van der Waals surface area (Å²) in [6.45, 7) is 2.66. The summed E-state index contributed by atoms with van der Waals surface area (Å²) in [6.07, 6.45) is 1.46. The Bertz CT molecular complexity index is 399. The summed E-state index contributed by atoms with van der Waals surface area (Å²) in [4.78, 5) is 0. The number of hydrogen-bond acceptors (Lipinski definition) is 2. The average Bonchev–Trinajstić information content (AvgIpc) is 2.55. The molecule has 0 aliphatic carbocycles. The summed E-state index contributed by atoms with van der Waals surface area (Å²) in [7, 11) is 0. The van der Waals surface area contributed by atoms with Crippen molar-refractivity contribution >= 4 is 15.9 Å². The van der Waals surface area contributed by atoms with Gasteiger partial charge in [0.15, 0.2) is 0 Å². The number of halogens is 2. The summed E-state index contributed by atoms with van der Waals surface area (Å²) >= 11 is 3.26. The minimum Gasteiger partial charge on any atom is -0.377 e. The molecule has 1 aromatic rings. The van der Waals surface area contributed by atoms with Gasteiger partial charge in [-0.2, -0.15) is 0 Å². The van der Waals surface area contributed by atoms with Gasteiger partial charge in [-0.05, 0) is 47.3 Å². The van der Waals surface area contributed by atoms with Crippen LogP contribution in [0.15, 0.2) is 22.7 Å². The summed E-state index contributed by atoms with van der Waals surface area (Å²) in [5.41, 5.74) is 6.81. The van der Waals surface area contributed by atoms with Crippen molar-refractivity contribution in [1.82, 2.24) is 0 Å². The zero-order valence-corrected chi connectivity index (χ0v) is 10.8. The molecule has 88 valence electrons. The van der Waals surface area contributed by atoms with Gasteiger partial charge in [-0.3, -0.25) is 0 Å². The normalized spacial score (nSPS) is 29.6. The van der Waals surface area contributed by atoms with Crippen LogP contribution < -0.4 is 5.73 Å². The molecular formula is C12H15BrFNO. The van der Waals surface area contributed by atoms with Crippen molar-refractivity contribution < 1.29 is 9.13 Å². The molecule has 0 radical (unpaired) electrons. The first-order valence-electron chi connectivity index (χ1n) is 5.36. The third-order valence-corrected chi connectivity index (χ3v) is 4.18. The Hall–Kier alpha value is -0.450. The molecule has 2 atom stereocenters. The molecule has 2 N–H and O–H groups in total. The molecule has 16 heavy (non-hydrogen) atoms. The molecule has 0 bridgehead atoms. The second-order valence-electron chi connectivity index (χ2n) is 4.39. The van der Waals surface area contributed by atoms with Crippen LogP contribution in [-0.2, 0) is 11.2 Å².